The van der Waals surface area contributed by atoms with E-state index in [1.54, 1.807) is 24.3 Å². The van der Waals surface area contributed by atoms with Crippen LogP contribution in [-0.4, -0.2) is 11.2 Å². The molecule has 0 heterocycles. The lowest BCUT2D eigenvalue weighted by molar-refractivity contribution is -0.0150. The Morgan fingerprint density at radius 2 is 2.00 bits per heavy atom. The van der Waals surface area contributed by atoms with Crippen LogP contribution in [0.3, 0.4) is 0 Å². The largest absolute Gasteiger partial charge is 0.443 e. The minimum Gasteiger partial charge on any atom is -0.399 e. The summed E-state index contributed by atoms with van der Waals surface area (Å²) in [6.45, 7) is 0. The number of benzene rings is 1. The average Bonchev–Trinajstić information content (AvgIpc) is 2.04. The zero-order chi connectivity index (χ0) is 8.10. The van der Waals surface area contributed by atoms with E-state index in [0.29, 0.717) is 11.4 Å². The zero-order valence-electron chi connectivity index (χ0n) is 5.77. The molecule has 0 aliphatic rings. The second-order valence-corrected chi connectivity index (χ2v) is 1.91. The molecule has 56 valence electrons. The lowest BCUT2D eigenvalue weighted by atomic mass is 10.3. The van der Waals surface area contributed by atoms with Crippen molar-refractivity contribution in [3.05, 3.63) is 29.8 Å². The lowest BCUT2D eigenvalue weighted by Gasteiger charge is -1.94. The molecule has 0 spiro atoms. The third kappa shape index (κ3) is 2.12. The zero-order valence-corrected chi connectivity index (χ0v) is 5.77. The summed E-state index contributed by atoms with van der Waals surface area (Å²) in [7, 11) is 0. The normalized spacial score (nSPS) is 8.36. The van der Waals surface area contributed by atoms with Crippen LogP contribution >= 0.6 is 0 Å². The summed E-state index contributed by atoms with van der Waals surface area (Å²) >= 11 is 0. The van der Waals surface area contributed by atoms with Crippen molar-refractivity contribution in [2.24, 2.45) is 0 Å². The maximum Gasteiger partial charge on any atom is 0.443 e. The highest BCUT2D eigenvalue weighted by Gasteiger charge is 1.90. The molecule has 4 nitrogen and oxygen atoms in total. The molecule has 2 N–H and O–H groups in total. The molecule has 0 unspecified atom stereocenters. The Balaban J connectivity index is 2.73. The van der Waals surface area contributed by atoms with Crippen LogP contribution in [0.2, 0.25) is 0 Å². The maximum absolute atomic E-state index is 8.00. The van der Waals surface area contributed by atoms with Gasteiger partial charge < -0.3 is 16.0 Å². The summed E-state index contributed by atoms with van der Waals surface area (Å²) in [5.74, 6) is 0.581. The van der Waals surface area contributed by atoms with Crippen LogP contribution in [0.4, 0.5) is 5.69 Å². The fourth-order valence-corrected chi connectivity index (χ4v) is 0.631. The van der Waals surface area contributed by atoms with Crippen LogP contribution in [0, 0.1) is 0 Å². The highest BCUT2D eigenvalue weighted by molar-refractivity contribution is 5.48. The van der Waals surface area contributed by atoms with E-state index in [0.717, 1.165) is 6.40 Å². The van der Waals surface area contributed by atoms with Gasteiger partial charge in [-0.15, -0.1) is 4.79 Å². The first-order chi connectivity index (χ1) is 5.33. The van der Waals surface area contributed by atoms with Crippen LogP contribution in [0.15, 0.2) is 24.3 Å². The number of hydrogen-bond donors (Lipinski definition) is 1. The van der Waals surface area contributed by atoms with Gasteiger partial charge >= 0.3 is 6.40 Å². The van der Waals surface area contributed by atoms with Gasteiger partial charge in [0.25, 0.3) is 0 Å². The van der Waals surface area contributed by atoms with Crippen LogP contribution in [0.25, 0.3) is 5.53 Å². The second kappa shape index (κ2) is 3.39. The number of nitrogens with two attached hydrogens (primary N) is 1. The first-order valence-corrected chi connectivity index (χ1v) is 3.01. The van der Waals surface area contributed by atoms with Gasteiger partial charge in [0, 0.05) is 5.69 Å². The molecular weight excluding hydrogens is 142 g/mol. The number of rotatable bonds is 2. The van der Waals surface area contributed by atoms with Gasteiger partial charge in [-0.3, -0.25) is 0 Å². The van der Waals surface area contributed by atoms with E-state index >= 15 is 0 Å². The fraction of sp³-hybridized carbons (Fsp3) is 0. The first kappa shape index (κ1) is 7.31. The van der Waals surface area contributed by atoms with Crippen molar-refractivity contribution in [3.8, 4) is 5.75 Å². The fourth-order valence-electron chi connectivity index (χ4n) is 0.631. The molecule has 4 heteroatoms. The summed E-state index contributed by atoms with van der Waals surface area (Å²) in [5.41, 5.74) is 14.1. The summed E-state index contributed by atoms with van der Waals surface area (Å²) in [5, 5.41) is 0. The van der Waals surface area contributed by atoms with Gasteiger partial charge in [0.2, 0.25) is 0 Å². The van der Waals surface area contributed by atoms with E-state index in [4.69, 9.17) is 16.0 Å². The smallest absolute Gasteiger partial charge is 0.399 e. The first-order valence-electron chi connectivity index (χ1n) is 3.01. The summed E-state index contributed by atoms with van der Waals surface area (Å²) in [6, 6.07) is 6.75. The van der Waals surface area contributed by atoms with E-state index < -0.39 is 0 Å². The van der Waals surface area contributed by atoms with Gasteiger partial charge in [0.05, 0.1) is 0 Å². The van der Waals surface area contributed by atoms with Crippen molar-refractivity contribution >= 4 is 12.1 Å². The minimum absolute atomic E-state index is 0.581. The number of nitrogen functional groups attached to an aromatic ring is 1. The molecule has 11 heavy (non-hydrogen) atoms. The molecule has 0 saturated heterocycles. The molecule has 0 radical (unpaired) electrons. The van der Waals surface area contributed by atoms with Crippen LogP contribution in [0.1, 0.15) is 0 Å². The van der Waals surface area contributed by atoms with Gasteiger partial charge in [-0.05, 0) is 24.3 Å². The number of hydrogen-bond acceptors (Lipinski definition) is 2. The third-order valence-corrected chi connectivity index (χ3v) is 1.12. The van der Waals surface area contributed by atoms with E-state index in [1.165, 1.54) is 0 Å². The van der Waals surface area contributed by atoms with Crippen molar-refractivity contribution in [2.45, 2.75) is 0 Å². The Hall–Kier alpha value is -1.80. The Bertz CT molecular complexity index is 274. The van der Waals surface area contributed by atoms with E-state index in [9.17, 15) is 0 Å². The van der Waals surface area contributed by atoms with Crippen LogP contribution in [-0.2, 0) is 0 Å². The predicted octanol–water partition coefficient (Wildman–Crippen LogP) is 0.906. The molecule has 1 aromatic carbocycles. The topological polar surface area (TPSA) is 71.7 Å². The van der Waals surface area contributed by atoms with E-state index in [2.05, 4.69) is 4.79 Å². The van der Waals surface area contributed by atoms with Gasteiger partial charge in [0.15, 0.2) is 0 Å². The Morgan fingerprint density at radius 1 is 1.36 bits per heavy atom. The molecule has 0 aromatic heterocycles. The molecule has 0 saturated carbocycles. The molecule has 0 bridgehead atoms. The average molecular weight is 149 g/mol. The molecule has 0 aliphatic heterocycles. The second-order valence-electron chi connectivity index (χ2n) is 1.91. The van der Waals surface area contributed by atoms with Crippen molar-refractivity contribution in [2.75, 3.05) is 5.73 Å². The van der Waals surface area contributed by atoms with Crippen LogP contribution < -0.4 is 10.5 Å². The highest BCUT2D eigenvalue weighted by atomic mass is 16.5. The van der Waals surface area contributed by atoms with Crippen molar-refractivity contribution < 1.29 is 9.53 Å². The van der Waals surface area contributed by atoms with Crippen molar-refractivity contribution in [3.63, 3.8) is 0 Å². The van der Waals surface area contributed by atoms with Gasteiger partial charge in [-0.25, -0.2) is 0 Å². The lowest BCUT2D eigenvalue weighted by Crippen LogP contribution is -1.90. The minimum atomic E-state index is 0.581. The monoisotopic (exact) mass is 149 g/mol. The standard InChI is InChI=1S/C7H7N3O/c8-6-1-3-7(4-2-6)11-5-10-9/h1-5H,8H2. The van der Waals surface area contributed by atoms with E-state index in [1.807, 2.05) is 0 Å². The Kier molecular flexibility index (Phi) is 2.25. The highest BCUT2D eigenvalue weighted by Crippen LogP contribution is 2.11. The summed E-state index contributed by atoms with van der Waals surface area (Å²) < 4.78 is 4.81. The number of anilines is 1. The molecule has 1 rings (SSSR count). The summed E-state index contributed by atoms with van der Waals surface area (Å²) in [6.07, 6.45) is 0.936. The van der Waals surface area contributed by atoms with E-state index in [-0.39, 0.29) is 0 Å². The Labute approximate surface area is 63.8 Å². The van der Waals surface area contributed by atoms with Crippen LogP contribution in [0.5, 0.6) is 5.75 Å². The third-order valence-electron chi connectivity index (χ3n) is 1.12. The number of ether oxygens (including phenoxy) is 1. The molecule has 0 fully saturated rings. The van der Waals surface area contributed by atoms with Crippen molar-refractivity contribution in [1.29, 1.82) is 0 Å². The van der Waals surface area contributed by atoms with Crippen molar-refractivity contribution in [1.82, 2.24) is 0 Å². The SMILES string of the molecule is [N-]=[N+]=COc1ccc(N)cc1. The number of nitrogens with zero attached hydrogens (tertiary/aromatic N) is 2. The van der Waals surface area contributed by atoms with Gasteiger partial charge in [0.1, 0.15) is 5.75 Å². The molecular formula is C7H7N3O. The summed E-state index contributed by atoms with van der Waals surface area (Å²) in [4.78, 5) is 2.67. The van der Waals surface area contributed by atoms with Gasteiger partial charge in [-0.1, -0.05) is 0 Å². The quantitative estimate of drug-likeness (QED) is 0.223. The molecule has 1 aromatic rings. The molecule has 0 aliphatic carbocycles. The predicted molar refractivity (Wildman–Crippen MR) is 41.2 cm³/mol. The van der Waals surface area contributed by atoms with Gasteiger partial charge in [-0.2, -0.15) is 0 Å². The maximum atomic E-state index is 8.00. The molecule has 0 atom stereocenters. The Morgan fingerprint density at radius 3 is 2.55 bits per heavy atom. The molecule has 0 amide bonds.